The van der Waals surface area contributed by atoms with E-state index in [2.05, 4.69) is 4.90 Å². The summed E-state index contributed by atoms with van der Waals surface area (Å²) in [5.74, 6) is 0.610. The van der Waals surface area contributed by atoms with Crippen LogP contribution in [0.2, 0.25) is 0 Å². The second kappa shape index (κ2) is 6.97. The normalized spacial score (nSPS) is 26.6. The van der Waals surface area contributed by atoms with Crippen molar-refractivity contribution in [2.24, 2.45) is 0 Å². The lowest BCUT2D eigenvalue weighted by atomic mass is 10.0. The van der Waals surface area contributed by atoms with Gasteiger partial charge in [0.15, 0.2) is 0 Å². The van der Waals surface area contributed by atoms with Crippen molar-refractivity contribution in [1.82, 2.24) is 9.21 Å². The molecule has 7 nitrogen and oxygen atoms in total. The van der Waals surface area contributed by atoms with E-state index >= 15 is 0 Å². The van der Waals surface area contributed by atoms with Gasteiger partial charge in [0.1, 0.15) is 5.75 Å². The van der Waals surface area contributed by atoms with Gasteiger partial charge in [-0.1, -0.05) is 0 Å². The first-order chi connectivity index (χ1) is 11.4. The van der Waals surface area contributed by atoms with Crippen molar-refractivity contribution in [3.63, 3.8) is 0 Å². The van der Waals surface area contributed by atoms with Crippen LogP contribution in [0.15, 0.2) is 29.2 Å². The minimum atomic E-state index is -3.60. The average molecular weight is 356 g/mol. The highest BCUT2D eigenvalue weighted by atomic mass is 32.2. The van der Waals surface area contributed by atoms with Gasteiger partial charge < -0.3 is 14.6 Å². The number of β-amino-alcohol motifs (C(OH)–C–C–N with tert-alkyl or cyclic N) is 1. The smallest absolute Gasteiger partial charge is 0.243 e. The summed E-state index contributed by atoms with van der Waals surface area (Å²) in [6.07, 6.45) is 0.444. The van der Waals surface area contributed by atoms with Crippen molar-refractivity contribution in [3.05, 3.63) is 24.3 Å². The van der Waals surface area contributed by atoms with Crippen molar-refractivity contribution in [1.29, 1.82) is 0 Å². The predicted octanol–water partition coefficient (Wildman–Crippen LogP) is 0.153. The van der Waals surface area contributed by atoms with Gasteiger partial charge in [-0.2, -0.15) is 4.31 Å². The number of benzene rings is 1. The summed E-state index contributed by atoms with van der Waals surface area (Å²) in [6.45, 7) is 3.79. The Morgan fingerprint density at radius 2 is 1.88 bits per heavy atom. The molecule has 3 rings (SSSR count). The Balaban J connectivity index is 1.68. The Morgan fingerprint density at radius 3 is 2.50 bits per heavy atom. The second-order valence-corrected chi connectivity index (χ2v) is 8.31. The average Bonchev–Trinajstić information content (AvgIpc) is 2.98. The monoisotopic (exact) mass is 356 g/mol. The first-order valence-corrected chi connectivity index (χ1v) is 9.54. The molecule has 24 heavy (non-hydrogen) atoms. The minimum absolute atomic E-state index is 0.124. The van der Waals surface area contributed by atoms with Gasteiger partial charge in [0.25, 0.3) is 0 Å². The molecular weight excluding hydrogens is 332 g/mol. The van der Waals surface area contributed by atoms with E-state index in [0.717, 1.165) is 13.1 Å². The maximum atomic E-state index is 12.8. The number of morpholine rings is 1. The second-order valence-electron chi connectivity index (χ2n) is 6.38. The highest BCUT2D eigenvalue weighted by Crippen LogP contribution is 2.29. The molecule has 0 radical (unpaired) electrons. The summed E-state index contributed by atoms with van der Waals surface area (Å²) >= 11 is 0. The molecule has 0 aliphatic carbocycles. The number of rotatable bonds is 5. The summed E-state index contributed by atoms with van der Waals surface area (Å²) in [6, 6.07) is 6.33. The van der Waals surface area contributed by atoms with Crippen LogP contribution in [0, 0.1) is 0 Å². The fourth-order valence-electron chi connectivity index (χ4n) is 3.23. The molecule has 134 valence electrons. The molecule has 0 bridgehead atoms. The molecule has 0 unspecified atom stereocenters. The summed E-state index contributed by atoms with van der Waals surface area (Å²) < 4.78 is 37.2. The molecule has 1 N–H and O–H groups in total. The van der Waals surface area contributed by atoms with Gasteiger partial charge in [0, 0.05) is 32.7 Å². The van der Waals surface area contributed by atoms with Crippen molar-refractivity contribution < 1.29 is 23.0 Å². The first kappa shape index (κ1) is 17.6. The van der Waals surface area contributed by atoms with Crippen molar-refractivity contribution in [2.75, 3.05) is 53.0 Å². The topological polar surface area (TPSA) is 79.3 Å². The van der Waals surface area contributed by atoms with E-state index in [0.29, 0.717) is 38.5 Å². The zero-order chi connectivity index (χ0) is 17.2. The third-order valence-electron chi connectivity index (χ3n) is 4.62. The van der Waals surface area contributed by atoms with Crippen LogP contribution in [0.3, 0.4) is 0 Å². The van der Waals surface area contributed by atoms with Gasteiger partial charge in [-0.05, 0) is 30.7 Å². The third-order valence-corrected chi connectivity index (χ3v) is 6.48. The van der Waals surface area contributed by atoms with E-state index in [4.69, 9.17) is 9.47 Å². The number of sulfonamides is 1. The molecule has 0 saturated carbocycles. The van der Waals surface area contributed by atoms with Crippen LogP contribution in [-0.2, 0) is 14.8 Å². The minimum Gasteiger partial charge on any atom is -0.497 e. The Hall–Kier alpha value is -1.19. The summed E-state index contributed by atoms with van der Waals surface area (Å²) in [4.78, 5) is 2.35. The fourth-order valence-corrected chi connectivity index (χ4v) is 4.75. The van der Waals surface area contributed by atoms with Crippen LogP contribution in [0.1, 0.15) is 6.42 Å². The molecular formula is C16H24N2O5S. The predicted molar refractivity (Wildman–Crippen MR) is 88.6 cm³/mol. The van der Waals surface area contributed by atoms with E-state index in [1.165, 1.54) is 23.5 Å². The van der Waals surface area contributed by atoms with Gasteiger partial charge in [-0.15, -0.1) is 0 Å². The standard InChI is InChI=1S/C16H24N2O5S/c1-22-14-2-4-15(5-3-14)24(20,21)18-7-6-16(19,13-18)12-17-8-10-23-11-9-17/h2-5,19H,6-13H2,1H3/t16-/m0/s1. The molecule has 0 aromatic heterocycles. The van der Waals surface area contributed by atoms with E-state index < -0.39 is 15.6 Å². The van der Waals surface area contributed by atoms with Crippen LogP contribution in [-0.4, -0.2) is 81.4 Å². The third kappa shape index (κ3) is 3.73. The van der Waals surface area contributed by atoms with E-state index in [9.17, 15) is 13.5 Å². The maximum Gasteiger partial charge on any atom is 0.243 e. The summed E-state index contributed by atoms with van der Waals surface area (Å²) in [5.41, 5.74) is -1.00. The molecule has 2 saturated heterocycles. The van der Waals surface area contributed by atoms with E-state index in [1.807, 2.05) is 0 Å². The number of hydrogen-bond donors (Lipinski definition) is 1. The lowest BCUT2D eigenvalue weighted by molar-refractivity contribution is -0.0239. The van der Waals surface area contributed by atoms with Crippen LogP contribution in [0.25, 0.3) is 0 Å². The molecule has 2 heterocycles. The van der Waals surface area contributed by atoms with Crippen molar-refractivity contribution in [3.8, 4) is 5.75 Å². The van der Waals surface area contributed by atoms with Gasteiger partial charge in [-0.25, -0.2) is 8.42 Å². The van der Waals surface area contributed by atoms with Crippen LogP contribution >= 0.6 is 0 Å². The Labute approximate surface area is 142 Å². The van der Waals surface area contributed by atoms with Gasteiger partial charge in [0.05, 0.1) is 30.8 Å². The van der Waals surface area contributed by atoms with Crippen molar-refractivity contribution in [2.45, 2.75) is 16.9 Å². The summed E-state index contributed by atoms with van der Waals surface area (Å²) in [7, 11) is -2.06. The van der Waals surface area contributed by atoms with E-state index in [1.54, 1.807) is 12.1 Å². The lowest BCUT2D eigenvalue weighted by Crippen LogP contribution is -2.49. The number of nitrogens with zero attached hydrogens (tertiary/aromatic N) is 2. The SMILES string of the molecule is COc1ccc(S(=O)(=O)N2CC[C@](O)(CN3CCOCC3)C2)cc1. The zero-order valence-corrected chi connectivity index (χ0v) is 14.7. The Morgan fingerprint density at radius 1 is 1.21 bits per heavy atom. The maximum absolute atomic E-state index is 12.8. The highest BCUT2D eigenvalue weighted by Gasteiger charge is 2.42. The molecule has 1 aromatic carbocycles. The van der Waals surface area contributed by atoms with E-state index in [-0.39, 0.29) is 11.4 Å². The first-order valence-electron chi connectivity index (χ1n) is 8.10. The molecule has 2 fully saturated rings. The van der Waals surface area contributed by atoms with Crippen LogP contribution in [0.4, 0.5) is 0 Å². The van der Waals surface area contributed by atoms with Crippen LogP contribution < -0.4 is 4.74 Å². The molecule has 0 amide bonds. The largest absolute Gasteiger partial charge is 0.497 e. The molecule has 0 spiro atoms. The Bertz CT molecular complexity index is 658. The summed E-state index contributed by atoms with van der Waals surface area (Å²) in [5, 5.41) is 10.8. The Kier molecular flexibility index (Phi) is 5.12. The van der Waals surface area contributed by atoms with Crippen LogP contribution in [0.5, 0.6) is 5.75 Å². The van der Waals surface area contributed by atoms with Gasteiger partial charge >= 0.3 is 0 Å². The molecule has 2 aliphatic heterocycles. The van der Waals surface area contributed by atoms with Gasteiger partial charge in [-0.3, -0.25) is 4.90 Å². The quantitative estimate of drug-likeness (QED) is 0.809. The number of ether oxygens (including phenoxy) is 2. The number of aliphatic hydroxyl groups is 1. The lowest BCUT2D eigenvalue weighted by Gasteiger charge is -2.33. The highest BCUT2D eigenvalue weighted by molar-refractivity contribution is 7.89. The van der Waals surface area contributed by atoms with Gasteiger partial charge in [0.2, 0.25) is 10.0 Å². The number of hydrogen-bond acceptors (Lipinski definition) is 6. The number of methoxy groups -OCH3 is 1. The molecule has 1 atom stereocenters. The fraction of sp³-hybridized carbons (Fsp3) is 0.625. The molecule has 1 aromatic rings. The van der Waals surface area contributed by atoms with Crippen molar-refractivity contribution >= 4 is 10.0 Å². The molecule has 8 heteroatoms. The zero-order valence-electron chi connectivity index (χ0n) is 13.8. The molecule has 2 aliphatic rings.